The minimum Gasteiger partial charge on any atom is -0.748 e. The van der Waals surface area contributed by atoms with Gasteiger partial charge in [0, 0.05) is 0 Å². The first-order valence-electron chi connectivity index (χ1n) is 9.07. The van der Waals surface area contributed by atoms with Crippen molar-refractivity contribution in [2.24, 2.45) is 0 Å². The fraction of sp³-hybridized carbons (Fsp3) is 0.684. The van der Waals surface area contributed by atoms with Crippen LogP contribution in [0.2, 0.25) is 0 Å². The first kappa shape index (κ1) is 24.9. The second kappa shape index (κ2) is 13.2. The summed E-state index contributed by atoms with van der Waals surface area (Å²) in [4.78, 5) is 0. The molecule has 0 saturated heterocycles. The van der Waals surface area contributed by atoms with Crippen LogP contribution in [-0.4, -0.2) is 24.8 Å². The van der Waals surface area contributed by atoms with Gasteiger partial charge in [-0.25, -0.2) is 8.42 Å². The Morgan fingerprint density at radius 2 is 1.56 bits per heavy atom. The molecule has 0 spiro atoms. The van der Waals surface area contributed by atoms with Crippen molar-refractivity contribution in [1.82, 2.24) is 0 Å². The van der Waals surface area contributed by atoms with Crippen LogP contribution in [-0.2, 0) is 23.0 Å². The van der Waals surface area contributed by atoms with Crippen molar-refractivity contribution in [1.29, 1.82) is 0 Å². The Morgan fingerprint density at radius 1 is 1.00 bits per heavy atom. The summed E-state index contributed by atoms with van der Waals surface area (Å²) in [7, 11) is -4.30. The van der Waals surface area contributed by atoms with Gasteiger partial charge in [0.25, 0.3) is 0 Å². The predicted molar refractivity (Wildman–Crippen MR) is 97.6 cm³/mol. The summed E-state index contributed by atoms with van der Waals surface area (Å²) in [5, 5.41) is -1.04. The van der Waals surface area contributed by atoms with Crippen molar-refractivity contribution in [3.63, 3.8) is 0 Å². The fourth-order valence-corrected chi connectivity index (χ4v) is 2.83. The number of hydrogen-bond donors (Lipinski definition) is 0. The molecule has 0 N–H and O–H groups in total. The van der Waals surface area contributed by atoms with Crippen LogP contribution in [0.4, 0.5) is 0 Å². The molecular formula is C19H31NaO4S. The fourth-order valence-electron chi connectivity index (χ4n) is 2.60. The topological polar surface area (TPSA) is 66.4 Å². The number of unbranched alkanes of at least 4 members (excludes halogenated alkanes) is 4. The maximum absolute atomic E-state index is 11.0. The van der Waals surface area contributed by atoms with Crippen LogP contribution in [0.5, 0.6) is 5.75 Å². The Morgan fingerprint density at radius 3 is 2.08 bits per heavy atom. The van der Waals surface area contributed by atoms with Crippen LogP contribution in [0.1, 0.15) is 70.4 Å². The number of benzene rings is 1. The Kier molecular flexibility index (Phi) is 13.1. The van der Waals surface area contributed by atoms with Gasteiger partial charge in [-0.05, 0) is 55.9 Å². The van der Waals surface area contributed by atoms with Gasteiger partial charge in [-0.15, -0.1) is 0 Å². The second-order valence-corrected chi connectivity index (χ2v) is 8.25. The van der Waals surface area contributed by atoms with Crippen LogP contribution in [0.25, 0.3) is 0 Å². The number of ether oxygens (including phenoxy) is 1. The summed E-state index contributed by atoms with van der Waals surface area (Å²) >= 11 is 0. The molecule has 1 unspecified atom stereocenters. The van der Waals surface area contributed by atoms with E-state index in [2.05, 4.69) is 19.9 Å². The molecule has 0 aliphatic heterocycles. The molecule has 1 aromatic carbocycles. The molecule has 0 heterocycles. The van der Waals surface area contributed by atoms with E-state index >= 15 is 0 Å². The van der Waals surface area contributed by atoms with Gasteiger partial charge in [0.1, 0.15) is 22.5 Å². The molecule has 0 saturated carbocycles. The van der Waals surface area contributed by atoms with Crippen molar-refractivity contribution in [2.45, 2.75) is 77.4 Å². The molecule has 6 heteroatoms. The van der Waals surface area contributed by atoms with Crippen LogP contribution in [0.15, 0.2) is 18.2 Å². The molecule has 0 aliphatic rings. The second-order valence-electron chi connectivity index (χ2n) is 6.46. The van der Waals surface area contributed by atoms with Gasteiger partial charge in [0.05, 0.1) is 5.25 Å². The normalized spacial score (nSPS) is 12.5. The van der Waals surface area contributed by atoms with Gasteiger partial charge in [-0.2, -0.15) is 0 Å². The van der Waals surface area contributed by atoms with Gasteiger partial charge in [-0.1, -0.05) is 45.6 Å². The van der Waals surface area contributed by atoms with Gasteiger partial charge in [0.15, 0.2) is 0 Å². The first-order valence-corrected chi connectivity index (χ1v) is 10.5. The van der Waals surface area contributed by atoms with Crippen molar-refractivity contribution < 1.29 is 47.3 Å². The van der Waals surface area contributed by atoms with Crippen LogP contribution in [0.3, 0.4) is 0 Å². The van der Waals surface area contributed by atoms with E-state index in [0.717, 1.165) is 19.3 Å². The van der Waals surface area contributed by atoms with Crippen molar-refractivity contribution in [2.75, 3.05) is 6.61 Å². The monoisotopic (exact) mass is 378 g/mol. The Labute approximate surface area is 175 Å². The summed E-state index contributed by atoms with van der Waals surface area (Å²) in [6.07, 6.45) is 9.22. The predicted octanol–water partition coefficient (Wildman–Crippen LogP) is 1.47. The minimum atomic E-state index is -4.30. The van der Waals surface area contributed by atoms with Gasteiger partial charge in [-0.3, -0.25) is 0 Å². The molecule has 4 nitrogen and oxygen atoms in total. The van der Waals surface area contributed by atoms with Gasteiger partial charge in [0.2, 0.25) is 0 Å². The van der Waals surface area contributed by atoms with Crippen molar-refractivity contribution in [3.05, 3.63) is 29.3 Å². The smallest absolute Gasteiger partial charge is 0.748 e. The number of aryl methyl sites for hydroxylation is 2. The number of hydrogen-bond acceptors (Lipinski definition) is 4. The average Bonchev–Trinajstić information content (AvgIpc) is 2.53. The van der Waals surface area contributed by atoms with Gasteiger partial charge >= 0.3 is 29.6 Å². The Hall–Kier alpha value is -0.0700. The minimum absolute atomic E-state index is 0. The summed E-state index contributed by atoms with van der Waals surface area (Å²) in [5.41, 5.74) is 2.64. The molecule has 0 bridgehead atoms. The number of rotatable bonds is 12. The molecule has 0 aliphatic carbocycles. The molecule has 0 amide bonds. The molecule has 138 valence electrons. The Bertz CT molecular complexity index is 587. The molecule has 0 radical (unpaired) electrons. The van der Waals surface area contributed by atoms with Crippen LogP contribution in [0, 0.1) is 0 Å². The van der Waals surface area contributed by atoms with E-state index in [0.29, 0.717) is 5.75 Å². The summed E-state index contributed by atoms with van der Waals surface area (Å²) in [5.74, 6) is 0.649. The van der Waals surface area contributed by atoms with E-state index in [-0.39, 0.29) is 36.2 Å². The molecular weight excluding hydrogens is 347 g/mol. The zero-order valence-corrected chi connectivity index (χ0v) is 19.0. The van der Waals surface area contributed by atoms with E-state index in [1.807, 2.05) is 12.1 Å². The van der Waals surface area contributed by atoms with E-state index in [1.54, 1.807) is 0 Å². The average molecular weight is 379 g/mol. The summed E-state index contributed by atoms with van der Waals surface area (Å²) in [6.45, 7) is 5.66. The van der Waals surface area contributed by atoms with E-state index in [4.69, 9.17) is 4.74 Å². The van der Waals surface area contributed by atoms with E-state index in [1.165, 1.54) is 50.2 Å². The SMILES string of the molecule is CCCCCc1ccc(OCC(C)S(=O)(=O)[O-])cc1CCCCC.[Na+]. The zero-order valence-electron chi connectivity index (χ0n) is 16.2. The van der Waals surface area contributed by atoms with Crippen LogP contribution >= 0.6 is 0 Å². The third kappa shape index (κ3) is 10.00. The van der Waals surface area contributed by atoms with Crippen molar-refractivity contribution >= 4 is 10.1 Å². The summed E-state index contributed by atoms with van der Waals surface area (Å²) in [6, 6.07) is 5.98. The quantitative estimate of drug-likeness (QED) is 0.314. The molecule has 0 fully saturated rings. The third-order valence-corrected chi connectivity index (χ3v) is 5.38. The van der Waals surface area contributed by atoms with E-state index in [9.17, 15) is 13.0 Å². The summed E-state index contributed by atoms with van der Waals surface area (Å²) < 4.78 is 38.4. The largest absolute Gasteiger partial charge is 1.00 e. The van der Waals surface area contributed by atoms with Crippen molar-refractivity contribution in [3.8, 4) is 5.75 Å². The van der Waals surface area contributed by atoms with E-state index < -0.39 is 15.4 Å². The maximum Gasteiger partial charge on any atom is 1.00 e. The molecule has 0 aromatic heterocycles. The molecule has 1 rings (SSSR count). The van der Waals surface area contributed by atoms with Crippen LogP contribution < -0.4 is 34.3 Å². The van der Waals surface area contributed by atoms with Gasteiger partial charge < -0.3 is 9.29 Å². The molecule has 1 aromatic rings. The first-order chi connectivity index (χ1) is 11.4. The maximum atomic E-state index is 11.0. The standard InChI is InChI=1S/C19H32O4S.Na/c1-4-6-8-10-17-12-13-19(14-18(17)11-9-7-5-2)23-15-16(3)24(20,21)22;/h12-14,16H,4-11,15H2,1-3H3,(H,20,21,22);/q;+1/p-1. The molecule has 25 heavy (non-hydrogen) atoms. The third-order valence-electron chi connectivity index (χ3n) is 4.25. The zero-order chi connectivity index (χ0) is 18.0. The Balaban J connectivity index is 0.00000576. The molecule has 1 atom stereocenters.